The summed E-state index contributed by atoms with van der Waals surface area (Å²) in [5.74, 6) is 1.42. The van der Waals surface area contributed by atoms with Crippen molar-refractivity contribution < 1.29 is 4.42 Å². The summed E-state index contributed by atoms with van der Waals surface area (Å²) in [7, 11) is 0. The van der Waals surface area contributed by atoms with Crippen LogP contribution < -0.4 is 5.32 Å². The van der Waals surface area contributed by atoms with E-state index < -0.39 is 0 Å². The second kappa shape index (κ2) is 8.90. The second-order valence-corrected chi connectivity index (χ2v) is 8.63. The van der Waals surface area contributed by atoms with Crippen LogP contribution in [0.5, 0.6) is 0 Å². The van der Waals surface area contributed by atoms with Crippen LogP contribution in [-0.2, 0) is 6.54 Å². The monoisotopic (exact) mass is 480 g/mol. The van der Waals surface area contributed by atoms with Gasteiger partial charge < -0.3 is 14.6 Å². The second-order valence-electron chi connectivity index (χ2n) is 7.40. The van der Waals surface area contributed by atoms with Crippen molar-refractivity contribution in [3.63, 3.8) is 0 Å². The SMILES string of the molecule is S=C1N[C@@H](c2ccccn2)[C@@H](c2ccc(-c3ccc(Cl)cc3Cl)o2)N1Cc1ccccn1. The third-order valence-electron chi connectivity index (χ3n) is 5.37. The van der Waals surface area contributed by atoms with Crippen molar-refractivity contribution in [1.82, 2.24) is 20.2 Å². The van der Waals surface area contributed by atoms with Crippen LogP contribution in [0.2, 0.25) is 10.0 Å². The number of nitrogens with zero attached hydrogens (tertiary/aromatic N) is 3. The first-order valence-corrected chi connectivity index (χ1v) is 11.2. The van der Waals surface area contributed by atoms with E-state index in [0.29, 0.717) is 27.5 Å². The molecule has 1 aromatic carbocycles. The third kappa shape index (κ3) is 4.09. The first-order valence-electron chi connectivity index (χ1n) is 10.0. The van der Waals surface area contributed by atoms with Crippen molar-refractivity contribution in [3.8, 4) is 11.3 Å². The van der Waals surface area contributed by atoms with Gasteiger partial charge in [0.15, 0.2) is 5.11 Å². The predicted octanol–water partition coefficient (Wildman–Crippen LogP) is 6.22. The highest BCUT2D eigenvalue weighted by Crippen LogP contribution is 2.42. The number of halogens is 2. The summed E-state index contributed by atoms with van der Waals surface area (Å²) in [5, 5.41) is 5.15. The van der Waals surface area contributed by atoms with Crippen molar-refractivity contribution in [2.75, 3.05) is 0 Å². The van der Waals surface area contributed by atoms with E-state index in [1.807, 2.05) is 54.6 Å². The van der Waals surface area contributed by atoms with Crippen molar-refractivity contribution in [3.05, 3.63) is 106 Å². The summed E-state index contributed by atoms with van der Waals surface area (Å²) in [6, 6.07) is 20.5. The fourth-order valence-corrected chi connectivity index (χ4v) is 4.70. The lowest BCUT2D eigenvalue weighted by Gasteiger charge is -2.25. The standard InChI is InChI=1S/C24H18Cl2N4OS/c25-15-7-8-17(18(26)13-15)20-9-10-21(31-20)23-22(19-6-2-4-12-28-19)29-24(32)30(23)14-16-5-1-3-11-27-16/h1-13,22-23H,14H2,(H,29,32)/t22-,23+/m0/s1. The molecule has 0 saturated carbocycles. The van der Waals surface area contributed by atoms with Gasteiger partial charge in [0.05, 0.1) is 29.0 Å². The minimum Gasteiger partial charge on any atom is -0.459 e. The number of hydrogen-bond donors (Lipinski definition) is 1. The summed E-state index contributed by atoms with van der Waals surface area (Å²) < 4.78 is 6.33. The van der Waals surface area contributed by atoms with Crippen molar-refractivity contribution >= 4 is 40.5 Å². The maximum absolute atomic E-state index is 6.41. The highest BCUT2D eigenvalue weighted by Gasteiger charge is 2.41. The van der Waals surface area contributed by atoms with Gasteiger partial charge in [-0.1, -0.05) is 35.3 Å². The minimum absolute atomic E-state index is 0.174. The highest BCUT2D eigenvalue weighted by atomic mass is 35.5. The van der Waals surface area contributed by atoms with Gasteiger partial charge in [0.2, 0.25) is 0 Å². The smallest absolute Gasteiger partial charge is 0.170 e. The van der Waals surface area contributed by atoms with Gasteiger partial charge in [-0.05, 0) is 66.8 Å². The van der Waals surface area contributed by atoms with E-state index in [1.54, 1.807) is 24.5 Å². The molecule has 5 nitrogen and oxygen atoms in total. The number of rotatable bonds is 5. The maximum Gasteiger partial charge on any atom is 0.170 e. The third-order valence-corrected chi connectivity index (χ3v) is 6.27. The number of pyridine rings is 2. The molecular formula is C24H18Cl2N4OS. The van der Waals surface area contributed by atoms with E-state index in [4.69, 9.17) is 39.8 Å². The first-order chi connectivity index (χ1) is 15.6. The lowest BCUT2D eigenvalue weighted by atomic mass is 10.0. The predicted molar refractivity (Wildman–Crippen MR) is 129 cm³/mol. The lowest BCUT2D eigenvalue weighted by molar-refractivity contribution is 0.267. The fraction of sp³-hybridized carbons (Fsp3) is 0.125. The Hall–Kier alpha value is -2.93. The largest absolute Gasteiger partial charge is 0.459 e. The molecule has 8 heteroatoms. The van der Waals surface area contributed by atoms with Crippen LogP contribution in [0.15, 0.2) is 83.5 Å². The molecule has 1 aliphatic rings. The molecule has 4 aromatic rings. The zero-order chi connectivity index (χ0) is 22.1. The number of nitrogens with one attached hydrogen (secondary N) is 1. The zero-order valence-corrected chi connectivity index (χ0v) is 19.1. The Morgan fingerprint density at radius 1 is 0.969 bits per heavy atom. The molecule has 4 heterocycles. The van der Waals surface area contributed by atoms with E-state index in [1.165, 1.54) is 0 Å². The molecule has 0 unspecified atom stereocenters. The van der Waals surface area contributed by atoms with Crippen LogP contribution in [-0.4, -0.2) is 20.0 Å². The van der Waals surface area contributed by atoms with Crippen LogP contribution in [0.4, 0.5) is 0 Å². The van der Waals surface area contributed by atoms with Gasteiger partial charge in [-0.3, -0.25) is 9.97 Å². The van der Waals surface area contributed by atoms with Gasteiger partial charge in [-0.2, -0.15) is 0 Å². The van der Waals surface area contributed by atoms with Gasteiger partial charge in [-0.15, -0.1) is 0 Å². The summed E-state index contributed by atoms with van der Waals surface area (Å²) in [5.41, 5.74) is 2.57. The van der Waals surface area contributed by atoms with Crippen LogP contribution in [0.3, 0.4) is 0 Å². The Kier molecular flexibility index (Phi) is 5.83. The molecule has 0 aliphatic carbocycles. The van der Waals surface area contributed by atoms with Crippen LogP contribution in [0, 0.1) is 0 Å². The summed E-state index contributed by atoms with van der Waals surface area (Å²) >= 11 is 18.2. The van der Waals surface area contributed by atoms with E-state index in [2.05, 4.69) is 20.2 Å². The fourth-order valence-electron chi connectivity index (χ4n) is 3.90. The zero-order valence-electron chi connectivity index (χ0n) is 16.8. The normalized spacial score (nSPS) is 18.1. The van der Waals surface area contributed by atoms with Gasteiger partial charge in [-0.25, -0.2) is 0 Å². The molecule has 0 amide bonds. The van der Waals surface area contributed by atoms with Gasteiger partial charge in [0.1, 0.15) is 17.6 Å². The topological polar surface area (TPSA) is 54.2 Å². The summed E-state index contributed by atoms with van der Waals surface area (Å²) in [6.45, 7) is 0.540. The molecule has 0 bridgehead atoms. The van der Waals surface area contributed by atoms with Gasteiger partial charge in [0.25, 0.3) is 0 Å². The molecule has 32 heavy (non-hydrogen) atoms. The molecule has 0 radical (unpaired) electrons. The molecule has 3 aromatic heterocycles. The molecule has 5 rings (SSSR count). The Labute approximate surface area is 201 Å². The molecule has 160 valence electrons. The first kappa shape index (κ1) is 20.9. The van der Waals surface area contributed by atoms with Crippen LogP contribution in [0.1, 0.15) is 29.2 Å². The highest BCUT2D eigenvalue weighted by molar-refractivity contribution is 7.80. The van der Waals surface area contributed by atoms with E-state index in [9.17, 15) is 0 Å². The summed E-state index contributed by atoms with van der Waals surface area (Å²) in [6.07, 6.45) is 3.56. The molecular weight excluding hydrogens is 463 g/mol. The Morgan fingerprint density at radius 2 is 1.78 bits per heavy atom. The minimum atomic E-state index is -0.209. The molecule has 1 saturated heterocycles. The van der Waals surface area contributed by atoms with Crippen molar-refractivity contribution in [1.29, 1.82) is 0 Å². The average molecular weight is 481 g/mol. The number of furan rings is 1. The van der Waals surface area contributed by atoms with E-state index in [-0.39, 0.29) is 12.1 Å². The number of benzene rings is 1. The van der Waals surface area contributed by atoms with Gasteiger partial charge >= 0.3 is 0 Å². The van der Waals surface area contributed by atoms with Crippen LogP contribution in [0.25, 0.3) is 11.3 Å². The Balaban J connectivity index is 1.55. The van der Waals surface area contributed by atoms with E-state index in [0.717, 1.165) is 22.7 Å². The number of aromatic nitrogens is 2. The van der Waals surface area contributed by atoms with Crippen molar-refractivity contribution in [2.24, 2.45) is 0 Å². The van der Waals surface area contributed by atoms with Crippen LogP contribution >= 0.6 is 35.4 Å². The maximum atomic E-state index is 6.41. The van der Waals surface area contributed by atoms with E-state index >= 15 is 0 Å². The molecule has 1 fully saturated rings. The summed E-state index contributed by atoms with van der Waals surface area (Å²) in [4.78, 5) is 11.1. The Bertz CT molecular complexity index is 1250. The number of thiocarbonyl (C=S) groups is 1. The van der Waals surface area contributed by atoms with Crippen molar-refractivity contribution in [2.45, 2.75) is 18.6 Å². The molecule has 0 spiro atoms. The quantitative estimate of drug-likeness (QED) is 0.342. The Morgan fingerprint density at radius 3 is 2.50 bits per heavy atom. The average Bonchev–Trinajstić information content (AvgIpc) is 3.40. The molecule has 1 N–H and O–H groups in total. The van der Waals surface area contributed by atoms with Gasteiger partial charge in [0, 0.05) is 23.0 Å². The lowest BCUT2D eigenvalue weighted by Crippen LogP contribution is -2.29. The molecule has 2 atom stereocenters. The number of hydrogen-bond acceptors (Lipinski definition) is 4. The molecule has 1 aliphatic heterocycles.